The largest absolute Gasteiger partial charge is 0.350 e. The van der Waals surface area contributed by atoms with Crippen molar-refractivity contribution in [2.45, 2.75) is 10.3 Å². The molecule has 3 heteroatoms. The lowest BCUT2D eigenvalue weighted by Gasteiger charge is -2.20. The number of ether oxygens (including phenoxy) is 1. The summed E-state index contributed by atoms with van der Waals surface area (Å²) in [6.07, 6.45) is 0. The summed E-state index contributed by atoms with van der Waals surface area (Å²) in [5, 5.41) is 0. The van der Waals surface area contributed by atoms with Crippen molar-refractivity contribution < 1.29 is 4.74 Å². The van der Waals surface area contributed by atoms with Crippen LogP contribution in [-0.2, 0) is 8.16 Å². The molecule has 0 N–H and O–H groups in total. The average Bonchev–Trinajstić information content (AvgIpc) is 2.06. The van der Waals surface area contributed by atoms with Gasteiger partial charge in [0.1, 0.15) is 0 Å². The van der Waals surface area contributed by atoms with Crippen LogP contribution in [0.5, 0.6) is 0 Å². The lowest BCUT2D eigenvalue weighted by atomic mass is 10.2. The molecule has 0 aliphatic rings. The topological polar surface area (TPSA) is 9.23 Å². The summed E-state index contributed by atoms with van der Waals surface area (Å²) in [5.74, 6) is 0. The van der Waals surface area contributed by atoms with E-state index in [2.05, 4.69) is 31.9 Å². The van der Waals surface area contributed by atoms with Gasteiger partial charge in [-0.25, -0.2) is 0 Å². The highest BCUT2D eigenvalue weighted by atomic mass is 79.9. The van der Waals surface area contributed by atoms with Crippen LogP contribution in [0.3, 0.4) is 0 Å². The maximum atomic E-state index is 5.45. The maximum absolute atomic E-state index is 5.45. The zero-order chi connectivity index (χ0) is 9.03. The first-order valence-electron chi connectivity index (χ1n) is 3.74. The first kappa shape index (κ1) is 10.2. The lowest BCUT2D eigenvalue weighted by Crippen LogP contribution is -2.13. The zero-order valence-corrected chi connectivity index (χ0v) is 9.93. The molecule has 0 unspecified atom stereocenters. The highest BCUT2D eigenvalue weighted by Crippen LogP contribution is 2.38. The molecule has 0 aliphatic heterocycles. The Bertz CT molecular complexity index is 234. The quantitative estimate of drug-likeness (QED) is 0.774. The molecule has 0 amide bonds. The van der Waals surface area contributed by atoms with E-state index in [1.807, 2.05) is 37.3 Å². The highest BCUT2D eigenvalue weighted by molar-refractivity contribution is 9.24. The Labute approximate surface area is 89.4 Å². The molecule has 0 aromatic heterocycles. The smallest absolute Gasteiger partial charge is 0.203 e. The Kier molecular flexibility index (Phi) is 3.75. The Morgan fingerprint density at radius 3 is 2.33 bits per heavy atom. The maximum Gasteiger partial charge on any atom is 0.203 e. The van der Waals surface area contributed by atoms with E-state index in [0.717, 1.165) is 5.56 Å². The Balaban J connectivity index is 2.82. The van der Waals surface area contributed by atoms with Crippen LogP contribution in [0, 0.1) is 0 Å². The minimum absolute atomic E-state index is 0.532. The molecule has 0 fully saturated rings. The van der Waals surface area contributed by atoms with Gasteiger partial charge in [0.25, 0.3) is 0 Å². The number of halogens is 2. The van der Waals surface area contributed by atoms with Gasteiger partial charge < -0.3 is 4.74 Å². The van der Waals surface area contributed by atoms with Crippen molar-refractivity contribution in [2.24, 2.45) is 0 Å². The predicted molar refractivity (Wildman–Crippen MR) is 57.6 cm³/mol. The summed E-state index contributed by atoms with van der Waals surface area (Å²) in [6, 6.07) is 9.93. The van der Waals surface area contributed by atoms with Crippen molar-refractivity contribution in [2.75, 3.05) is 6.61 Å². The van der Waals surface area contributed by atoms with E-state index in [0.29, 0.717) is 6.61 Å². The molecule has 66 valence electrons. The molecule has 0 heterocycles. The SMILES string of the molecule is CCOC(Br)(Br)c1ccccc1. The summed E-state index contributed by atoms with van der Waals surface area (Å²) in [6.45, 7) is 2.62. The van der Waals surface area contributed by atoms with Gasteiger partial charge in [0.2, 0.25) is 3.42 Å². The van der Waals surface area contributed by atoms with Gasteiger partial charge in [-0.3, -0.25) is 0 Å². The van der Waals surface area contributed by atoms with Crippen molar-refractivity contribution >= 4 is 31.9 Å². The molecule has 0 radical (unpaired) electrons. The van der Waals surface area contributed by atoms with Crippen LogP contribution in [0.1, 0.15) is 12.5 Å². The zero-order valence-electron chi connectivity index (χ0n) is 6.76. The molecule has 0 saturated heterocycles. The van der Waals surface area contributed by atoms with Gasteiger partial charge in [-0.2, -0.15) is 0 Å². The van der Waals surface area contributed by atoms with Gasteiger partial charge in [-0.1, -0.05) is 30.3 Å². The second kappa shape index (κ2) is 4.40. The Morgan fingerprint density at radius 1 is 1.25 bits per heavy atom. The number of alkyl halides is 2. The molecule has 0 spiro atoms. The molecular weight excluding hydrogens is 284 g/mol. The second-order valence-electron chi connectivity index (χ2n) is 2.32. The van der Waals surface area contributed by atoms with Crippen LogP contribution in [0.15, 0.2) is 30.3 Å². The minimum Gasteiger partial charge on any atom is -0.350 e. The van der Waals surface area contributed by atoms with E-state index in [9.17, 15) is 0 Å². The number of hydrogen-bond acceptors (Lipinski definition) is 1. The van der Waals surface area contributed by atoms with Crippen LogP contribution in [0.2, 0.25) is 0 Å². The molecule has 1 aromatic carbocycles. The molecule has 0 saturated carbocycles. The van der Waals surface area contributed by atoms with Gasteiger partial charge in [0.15, 0.2) is 0 Å². The monoisotopic (exact) mass is 292 g/mol. The van der Waals surface area contributed by atoms with E-state index >= 15 is 0 Å². The minimum atomic E-state index is -0.532. The second-order valence-corrected chi connectivity index (χ2v) is 5.61. The molecule has 1 nitrogen and oxygen atoms in total. The van der Waals surface area contributed by atoms with E-state index in [4.69, 9.17) is 4.74 Å². The fourth-order valence-corrected chi connectivity index (χ4v) is 1.88. The first-order chi connectivity index (χ1) is 5.67. The molecule has 12 heavy (non-hydrogen) atoms. The fraction of sp³-hybridized carbons (Fsp3) is 0.333. The number of hydrogen-bond donors (Lipinski definition) is 0. The van der Waals surface area contributed by atoms with Crippen LogP contribution in [0.4, 0.5) is 0 Å². The van der Waals surface area contributed by atoms with Crippen LogP contribution in [-0.4, -0.2) is 6.61 Å². The first-order valence-corrected chi connectivity index (χ1v) is 5.32. The number of benzene rings is 1. The summed E-state index contributed by atoms with van der Waals surface area (Å²) >= 11 is 6.89. The number of rotatable bonds is 3. The molecule has 0 atom stereocenters. The Morgan fingerprint density at radius 2 is 1.83 bits per heavy atom. The third kappa shape index (κ3) is 2.57. The highest BCUT2D eigenvalue weighted by Gasteiger charge is 2.24. The van der Waals surface area contributed by atoms with Crippen molar-refractivity contribution in [1.82, 2.24) is 0 Å². The van der Waals surface area contributed by atoms with Crippen LogP contribution >= 0.6 is 31.9 Å². The summed E-state index contributed by atoms with van der Waals surface area (Å²) in [4.78, 5) is 0. The van der Waals surface area contributed by atoms with Crippen LogP contribution < -0.4 is 0 Å². The van der Waals surface area contributed by atoms with Gasteiger partial charge in [-0.05, 0) is 38.8 Å². The summed E-state index contributed by atoms with van der Waals surface area (Å²) in [5.41, 5.74) is 1.06. The average molecular weight is 294 g/mol. The van der Waals surface area contributed by atoms with Crippen molar-refractivity contribution in [1.29, 1.82) is 0 Å². The fourth-order valence-electron chi connectivity index (χ4n) is 0.897. The predicted octanol–water partition coefficient (Wildman–Crippen LogP) is 3.62. The van der Waals surface area contributed by atoms with Gasteiger partial charge >= 0.3 is 0 Å². The molecular formula is C9H10Br2O. The van der Waals surface area contributed by atoms with E-state index < -0.39 is 3.42 Å². The van der Waals surface area contributed by atoms with Gasteiger partial charge in [-0.15, -0.1) is 0 Å². The Hall–Kier alpha value is 0.140. The third-order valence-corrected chi connectivity index (χ3v) is 2.81. The molecule has 1 aromatic rings. The van der Waals surface area contributed by atoms with Crippen LogP contribution in [0.25, 0.3) is 0 Å². The normalized spacial score (nSPS) is 11.6. The third-order valence-electron chi connectivity index (χ3n) is 1.44. The van der Waals surface area contributed by atoms with E-state index in [1.165, 1.54) is 0 Å². The lowest BCUT2D eigenvalue weighted by molar-refractivity contribution is 0.110. The van der Waals surface area contributed by atoms with Gasteiger partial charge in [0, 0.05) is 12.2 Å². The van der Waals surface area contributed by atoms with E-state index in [1.54, 1.807) is 0 Å². The molecule has 1 rings (SSSR count). The summed E-state index contributed by atoms with van der Waals surface area (Å²) < 4.78 is 4.92. The van der Waals surface area contributed by atoms with Crippen molar-refractivity contribution in [3.05, 3.63) is 35.9 Å². The van der Waals surface area contributed by atoms with Gasteiger partial charge in [0.05, 0.1) is 0 Å². The standard InChI is InChI=1S/C9H10Br2O/c1-2-12-9(10,11)8-6-4-3-5-7-8/h3-7H,2H2,1H3. The molecule has 0 bridgehead atoms. The van der Waals surface area contributed by atoms with Crippen molar-refractivity contribution in [3.8, 4) is 0 Å². The van der Waals surface area contributed by atoms with E-state index in [-0.39, 0.29) is 0 Å². The molecule has 0 aliphatic carbocycles. The van der Waals surface area contributed by atoms with Crippen molar-refractivity contribution in [3.63, 3.8) is 0 Å². The summed E-state index contributed by atoms with van der Waals surface area (Å²) in [7, 11) is 0.